The van der Waals surface area contributed by atoms with Crippen LogP contribution < -0.4 is 0 Å². The SMILES string of the molecule is CC1C(CO)O[C@@H](O)C(O)C1O. The third kappa shape index (κ3) is 1.60. The maximum Gasteiger partial charge on any atom is 0.183 e. The topological polar surface area (TPSA) is 90.2 Å². The Balaban J connectivity index is 2.63. The van der Waals surface area contributed by atoms with Crippen LogP contribution in [0.3, 0.4) is 0 Å². The molecule has 0 spiro atoms. The molecule has 5 atom stereocenters. The van der Waals surface area contributed by atoms with Gasteiger partial charge in [-0.2, -0.15) is 0 Å². The molecule has 72 valence electrons. The van der Waals surface area contributed by atoms with Crippen molar-refractivity contribution in [2.24, 2.45) is 5.92 Å². The molecule has 0 amide bonds. The number of ether oxygens (including phenoxy) is 1. The average Bonchev–Trinajstić information content (AvgIpc) is 2.08. The van der Waals surface area contributed by atoms with E-state index in [4.69, 9.17) is 20.1 Å². The molecule has 0 aliphatic carbocycles. The largest absolute Gasteiger partial charge is 0.394 e. The highest BCUT2D eigenvalue weighted by atomic mass is 16.6. The van der Waals surface area contributed by atoms with E-state index in [2.05, 4.69) is 0 Å². The van der Waals surface area contributed by atoms with Gasteiger partial charge < -0.3 is 25.2 Å². The standard InChI is InChI=1S/C7H14O5/c1-3-4(2-8)12-7(11)6(10)5(3)9/h3-11H,2H2,1H3/t3?,4?,5?,6?,7-/m1/s1. The molecule has 5 nitrogen and oxygen atoms in total. The van der Waals surface area contributed by atoms with Gasteiger partial charge in [0.25, 0.3) is 0 Å². The lowest BCUT2D eigenvalue weighted by molar-refractivity contribution is -0.271. The summed E-state index contributed by atoms with van der Waals surface area (Å²) >= 11 is 0. The van der Waals surface area contributed by atoms with E-state index in [1.54, 1.807) is 6.92 Å². The van der Waals surface area contributed by atoms with E-state index < -0.39 is 24.6 Å². The van der Waals surface area contributed by atoms with Crippen LogP contribution in [-0.4, -0.2) is 51.6 Å². The Labute approximate surface area is 70.2 Å². The van der Waals surface area contributed by atoms with Gasteiger partial charge in [0.1, 0.15) is 6.10 Å². The molecule has 0 aromatic carbocycles. The summed E-state index contributed by atoms with van der Waals surface area (Å²) in [5.41, 5.74) is 0. The van der Waals surface area contributed by atoms with Crippen molar-refractivity contribution in [2.45, 2.75) is 31.5 Å². The second-order valence-corrected chi connectivity index (χ2v) is 3.09. The first-order valence-corrected chi connectivity index (χ1v) is 3.88. The van der Waals surface area contributed by atoms with Gasteiger partial charge in [-0.05, 0) is 0 Å². The van der Waals surface area contributed by atoms with Gasteiger partial charge in [0.15, 0.2) is 6.29 Å². The van der Waals surface area contributed by atoms with E-state index in [0.29, 0.717) is 0 Å². The van der Waals surface area contributed by atoms with Crippen molar-refractivity contribution in [3.05, 3.63) is 0 Å². The van der Waals surface area contributed by atoms with Gasteiger partial charge in [0, 0.05) is 5.92 Å². The Kier molecular flexibility index (Phi) is 3.03. The Morgan fingerprint density at radius 2 is 1.75 bits per heavy atom. The number of hydrogen-bond donors (Lipinski definition) is 4. The molecule has 1 heterocycles. The van der Waals surface area contributed by atoms with Gasteiger partial charge in [-0.1, -0.05) is 6.92 Å². The lowest BCUT2D eigenvalue weighted by Gasteiger charge is -2.38. The van der Waals surface area contributed by atoms with E-state index in [0.717, 1.165) is 0 Å². The minimum absolute atomic E-state index is 0.276. The summed E-state index contributed by atoms with van der Waals surface area (Å²) in [6, 6.07) is 0. The predicted octanol–water partition coefficient (Wildman–Crippen LogP) is -1.95. The Morgan fingerprint density at radius 3 is 2.25 bits per heavy atom. The summed E-state index contributed by atoms with van der Waals surface area (Å²) in [6.45, 7) is 1.36. The molecule has 4 unspecified atom stereocenters. The Morgan fingerprint density at radius 1 is 1.17 bits per heavy atom. The molecular formula is C7H14O5. The highest BCUT2D eigenvalue weighted by molar-refractivity contribution is 4.85. The molecule has 1 aliphatic rings. The zero-order chi connectivity index (χ0) is 9.30. The molecule has 1 fully saturated rings. The summed E-state index contributed by atoms with van der Waals surface area (Å²) < 4.78 is 4.83. The van der Waals surface area contributed by atoms with Crippen molar-refractivity contribution < 1.29 is 25.2 Å². The van der Waals surface area contributed by atoms with Crippen molar-refractivity contribution in [3.63, 3.8) is 0 Å². The van der Waals surface area contributed by atoms with Crippen molar-refractivity contribution >= 4 is 0 Å². The highest BCUT2D eigenvalue weighted by Gasteiger charge is 2.40. The third-order valence-electron chi connectivity index (χ3n) is 2.26. The molecule has 0 aromatic rings. The first-order valence-electron chi connectivity index (χ1n) is 3.88. The molecule has 1 saturated heterocycles. The van der Waals surface area contributed by atoms with Crippen LogP contribution in [0.25, 0.3) is 0 Å². The lowest BCUT2D eigenvalue weighted by atomic mass is 9.91. The highest BCUT2D eigenvalue weighted by Crippen LogP contribution is 2.24. The van der Waals surface area contributed by atoms with E-state index in [1.165, 1.54) is 0 Å². The maximum atomic E-state index is 9.32. The van der Waals surface area contributed by atoms with Crippen LogP contribution in [0, 0.1) is 5.92 Å². The Hall–Kier alpha value is -0.200. The van der Waals surface area contributed by atoms with Gasteiger partial charge in [0.05, 0.1) is 18.8 Å². The normalized spacial score (nSPS) is 49.2. The van der Waals surface area contributed by atoms with Crippen LogP contribution >= 0.6 is 0 Å². The smallest absolute Gasteiger partial charge is 0.183 e. The Bertz CT molecular complexity index is 146. The summed E-state index contributed by atoms with van der Waals surface area (Å²) in [5.74, 6) is -0.381. The number of rotatable bonds is 1. The summed E-state index contributed by atoms with van der Waals surface area (Å²) in [6.07, 6.45) is -4.36. The fraction of sp³-hybridized carbons (Fsp3) is 1.00. The second kappa shape index (κ2) is 3.68. The van der Waals surface area contributed by atoms with Crippen LogP contribution in [0.5, 0.6) is 0 Å². The molecule has 0 saturated carbocycles. The number of aliphatic hydroxyl groups excluding tert-OH is 4. The zero-order valence-corrected chi connectivity index (χ0v) is 6.79. The molecule has 0 bridgehead atoms. The first kappa shape index (κ1) is 9.88. The average molecular weight is 178 g/mol. The fourth-order valence-electron chi connectivity index (χ4n) is 1.29. The number of aliphatic hydroxyl groups is 4. The first-order chi connectivity index (χ1) is 5.57. The van der Waals surface area contributed by atoms with Gasteiger partial charge in [-0.25, -0.2) is 0 Å². The van der Waals surface area contributed by atoms with Gasteiger partial charge in [-0.3, -0.25) is 0 Å². The molecule has 0 aromatic heterocycles. The van der Waals surface area contributed by atoms with Crippen molar-refractivity contribution in [1.29, 1.82) is 0 Å². The molecule has 0 radical (unpaired) electrons. The lowest BCUT2D eigenvalue weighted by Crippen LogP contribution is -2.54. The van der Waals surface area contributed by atoms with Crippen LogP contribution in [-0.2, 0) is 4.74 Å². The van der Waals surface area contributed by atoms with Crippen LogP contribution in [0.4, 0.5) is 0 Å². The zero-order valence-electron chi connectivity index (χ0n) is 6.79. The van der Waals surface area contributed by atoms with Gasteiger partial charge in [0.2, 0.25) is 0 Å². The monoisotopic (exact) mass is 178 g/mol. The maximum absolute atomic E-state index is 9.32. The van der Waals surface area contributed by atoms with Gasteiger partial charge in [-0.15, -0.1) is 0 Å². The van der Waals surface area contributed by atoms with Crippen molar-refractivity contribution in [1.82, 2.24) is 0 Å². The second-order valence-electron chi connectivity index (χ2n) is 3.09. The van der Waals surface area contributed by atoms with E-state index >= 15 is 0 Å². The van der Waals surface area contributed by atoms with E-state index in [9.17, 15) is 5.11 Å². The fourth-order valence-corrected chi connectivity index (χ4v) is 1.29. The minimum Gasteiger partial charge on any atom is -0.394 e. The predicted molar refractivity (Wildman–Crippen MR) is 39.1 cm³/mol. The quantitative estimate of drug-likeness (QED) is 0.375. The summed E-state index contributed by atoms with van der Waals surface area (Å²) in [7, 11) is 0. The van der Waals surface area contributed by atoms with Gasteiger partial charge >= 0.3 is 0 Å². The molecule has 1 rings (SSSR count). The molecule has 4 N–H and O–H groups in total. The van der Waals surface area contributed by atoms with Crippen molar-refractivity contribution in [3.8, 4) is 0 Å². The third-order valence-corrected chi connectivity index (χ3v) is 2.26. The van der Waals surface area contributed by atoms with Crippen LogP contribution in [0.15, 0.2) is 0 Å². The van der Waals surface area contributed by atoms with Crippen LogP contribution in [0.1, 0.15) is 6.92 Å². The minimum atomic E-state index is -1.41. The summed E-state index contributed by atoms with van der Waals surface area (Å²) in [4.78, 5) is 0. The molecule has 1 aliphatic heterocycles. The molecular weight excluding hydrogens is 164 g/mol. The molecule has 5 heteroatoms. The number of hydrogen-bond acceptors (Lipinski definition) is 5. The van der Waals surface area contributed by atoms with Crippen molar-refractivity contribution in [2.75, 3.05) is 6.61 Å². The molecule has 12 heavy (non-hydrogen) atoms. The summed E-state index contributed by atoms with van der Waals surface area (Å²) in [5, 5.41) is 36.2. The van der Waals surface area contributed by atoms with Crippen LogP contribution in [0.2, 0.25) is 0 Å². The van der Waals surface area contributed by atoms with E-state index in [1.807, 2.05) is 0 Å². The van der Waals surface area contributed by atoms with E-state index in [-0.39, 0.29) is 12.5 Å².